The van der Waals surface area contributed by atoms with Crippen molar-refractivity contribution in [1.29, 1.82) is 0 Å². The van der Waals surface area contributed by atoms with Crippen molar-refractivity contribution in [1.82, 2.24) is 0 Å². The lowest BCUT2D eigenvalue weighted by Gasteiger charge is -2.06. The lowest BCUT2D eigenvalue weighted by molar-refractivity contribution is -0.0979. The number of aryl methyl sites for hydroxylation is 1. The Balaban J connectivity index is 0.000000461. The summed E-state index contributed by atoms with van der Waals surface area (Å²) in [4.78, 5) is 8.00. The molecule has 0 N–H and O–H groups in total. The van der Waals surface area contributed by atoms with Crippen LogP contribution in [0.2, 0.25) is 0 Å². The zero-order chi connectivity index (χ0) is 10.4. The molecule has 1 heterocycles. The Kier molecular flexibility index (Phi) is 4.13. The molecule has 0 radical (unpaired) electrons. The van der Waals surface area contributed by atoms with Gasteiger partial charge in [0.25, 0.3) is 0 Å². The predicted molar refractivity (Wildman–Crippen MR) is 53.5 cm³/mol. The van der Waals surface area contributed by atoms with Crippen molar-refractivity contribution in [2.75, 3.05) is 13.2 Å². The second-order valence-electron chi connectivity index (χ2n) is 3.03. The highest BCUT2D eigenvalue weighted by Crippen LogP contribution is 2.18. The van der Waals surface area contributed by atoms with Gasteiger partial charge in [0, 0.05) is 0 Å². The number of benzene rings is 1. The molecule has 3 heteroatoms. The molecule has 1 fully saturated rings. The Morgan fingerprint density at radius 1 is 1.50 bits per heavy atom. The maximum absolute atomic E-state index is 8.00. The first-order valence-corrected chi connectivity index (χ1v) is 4.45. The molecule has 2 rings (SSSR count). The Morgan fingerprint density at radius 3 is 2.71 bits per heavy atom. The minimum absolute atomic E-state index is 0.338. The van der Waals surface area contributed by atoms with E-state index in [1.807, 2.05) is 38.0 Å². The van der Waals surface area contributed by atoms with Crippen molar-refractivity contribution in [3.8, 4) is 5.75 Å². The van der Waals surface area contributed by atoms with Crippen molar-refractivity contribution in [3.05, 3.63) is 29.8 Å². The van der Waals surface area contributed by atoms with E-state index in [1.54, 1.807) is 0 Å². The van der Waals surface area contributed by atoms with E-state index in [1.165, 1.54) is 5.56 Å². The van der Waals surface area contributed by atoms with Crippen LogP contribution in [0.3, 0.4) is 0 Å². The minimum Gasteiger partial charge on any atom is -0.491 e. The highest BCUT2D eigenvalue weighted by atomic mass is 16.6. The molecule has 1 aliphatic heterocycles. The number of para-hydroxylation sites is 1. The summed E-state index contributed by atoms with van der Waals surface area (Å²) >= 11 is 0. The summed E-state index contributed by atoms with van der Waals surface area (Å²) in [7, 11) is 0. The molecule has 0 amide bonds. The van der Waals surface area contributed by atoms with Crippen molar-refractivity contribution >= 4 is 6.79 Å². The first kappa shape index (κ1) is 10.7. The molecule has 76 valence electrons. The van der Waals surface area contributed by atoms with Gasteiger partial charge in [0.15, 0.2) is 0 Å². The van der Waals surface area contributed by atoms with E-state index in [0.29, 0.717) is 12.7 Å². The highest BCUT2D eigenvalue weighted by Gasteiger charge is 2.23. The Bertz CT molecular complexity index is 282. The van der Waals surface area contributed by atoms with Crippen LogP contribution in [0.25, 0.3) is 0 Å². The zero-order valence-electron chi connectivity index (χ0n) is 8.23. The maximum Gasteiger partial charge on any atom is 0.122 e. The summed E-state index contributed by atoms with van der Waals surface area (Å²) in [5.74, 6) is 0.966. The monoisotopic (exact) mass is 194 g/mol. The number of hydrogen-bond acceptors (Lipinski definition) is 3. The van der Waals surface area contributed by atoms with Crippen LogP contribution in [0.5, 0.6) is 5.75 Å². The molecule has 1 atom stereocenters. The van der Waals surface area contributed by atoms with Crippen LogP contribution in [0.4, 0.5) is 0 Å². The summed E-state index contributed by atoms with van der Waals surface area (Å²) < 4.78 is 10.6. The predicted octanol–water partition coefficient (Wildman–Crippen LogP) is 1.59. The minimum atomic E-state index is 0.338. The lowest BCUT2D eigenvalue weighted by Crippen LogP contribution is -2.04. The molecule has 3 nitrogen and oxygen atoms in total. The van der Waals surface area contributed by atoms with Gasteiger partial charge in [-0.2, -0.15) is 0 Å². The van der Waals surface area contributed by atoms with Crippen LogP contribution >= 0.6 is 0 Å². The molecule has 0 aromatic heterocycles. The van der Waals surface area contributed by atoms with Gasteiger partial charge in [-0.3, -0.25) is 0 Å². The molecule has 1 aromatic carbocycles. The van der Waals surface area contributed by atoms with Crippen LogP contribution in [0.15, 0.2) is 24.3 Å². The molecule has 14 heavy (non-hydrogen) atoms. The maximum atomic E-state index is 8.00. The highest BCUT2D eigenvalue weighted by molar-refractivity contribution is 5.31. The molecule has 1 aromatic rings. The van der Waals surface area contributed by atoms with Gasteiger partial charge in [-0.15, -0.1) is 0 Å². The third-order valence-corrected chi connectivity index (χ3v) is 1.92. The number of epoxide rings is 1. The molecule has 1 unspecified atom stereocenters. The molecule has 0 spiro atoms. The van der Waals surface area contributed by atoms with E-state index in [2.05, 4.69) is 0 Å². The van der Waals surface area contributed by atoms with Crippen molar-refractivity contribution in [2.24, 2.45) is 0 Å². The summed E-state index contributed by atoms with van der Waals surface area (Å²) in [6, 6.07) is 8.02. The van der Waals surface area contributed by atoms with Gasteiger partial charge < -0.3 is 14.3 Å². The average molecular weight is 194 g/mol. The fourth-order valence-electron chi connectivity index (χ4n) is 1.07. The van der Waals surface area contributed by atoms with E-state index < -0.39 is 0 Å². The third kappa shape index (κ3) is 3.18. The number of rotatable bonds is 3. The normalized spacial score (nSPS) is 17.9. The van der Waals surface area contributed by atoms with E-state index >= 15 is 0 Å². The first-order valence-electron chi connectivity index (χ1n) is 4.45. The third-order valence-electron chi connectivity index (χ3n) is 1.92. The Morgan fingerprint density at radius 2 is 2.14 bits per heavy atom. The van der Waals surface area contributed by atoms with Crippen LogP contribution in [-0.2, 0) is 9.53 Å². The Labute approximate surface area is 83.6 Å². The van der Waals surface area contributed by atoms with Crippen molar-refractivity contribution in [3.63, 3.8) is 0 Å². The van der Waals surface area contributed by atoms with Gasteiger partial charge in [-0.1, -0.05) is 18.2 Å². The quantitative estimate of drug-likeness (QED) is 0.686. The van der Waals surface area contributed by atoms with Gasteiger partial charge in [-0.25, -0.2) is 0 Å². The smallest absolute Gasteiger partial charge is 0.122 e. The number of carbonyl (C=O) groups excluding carboxylic acids is 1. The first-order chi connectivity index (χ1) is 6.86. The molecule has 1 aliphatic rings. The molecular weight excluding hydrogens is 180 g/mol. The molecule has 0 aliphatic carbocycles. The largest absolute Gasteiger partial charge is 0.491 e. The SMILES string of the molecule is C=O.Cc1ccccc1OCC1CO1. The van der Waals surface area contributed by atoms with Gasteiger partial charge >= 0.3 is 0 Å². The molecule has 1 saturated heterocycles. The summed E-state index contributed by atoms with van der Waals surface area (Å²) in [5, 5.41) is 0. The molecule has 0 bridgehead atoms. The zero-order valence-corrected chi connectivity index (χ0v) is 8.23. The van der Waals surface area contributed by atoms with Crippen LogP contribution in [-0.4, -0.2) is 26.1 Å². The van der Waals surface area contributed by atoms with E-state index in [0.717, 1.165) is 12.4 Å². The van der Waals surface area contributed by atoms with Gasteiger partial charge in [-0.05, 0) is 18.6 Å². The summed E-state index contributed by atoms with van der Waals surface area (Å²) in [6.45, 7) is 5.58. The summed E-state index contributed by atoms with van der Waals surface area (Å²) in [6.07, 6.45) is 0.338. The Hall–Kier alpha value is -1.35. The van der Waals surface area contributed by atoms with Crippen molar-refractivity contribution < 1.29 is 14.3 Å². The fraction of sp³-hybridized carbons (Fsp3) is 0.364. The van der Waals surface area contributed by atoms with E-state index in [9.17, 15) is 0 Å². The second-order valence-corrected chi connectivity index (χ2v) is 3.03. The van der Waals surface area contributed by atoms with Crippen LogP contribution in [0, 0.1) is 6.92 Å². The number of hydrogen-bond donors (Lipinski definition) is 0. The van der Waals surface area contributed by atoms with E-state index in [-0.39, 0.29) is 0 Å². The molecule has 0 saturated carbocycles. The topological polar surface area (TPSA) is 38.8 Å². The standard InChI is InChI=1S/C10H12O2.CH2O/c1-8-4-2-3-5-10(8)12-7-9-6-11-9;1-2/h2-5,9H,6-7H2,1H3;1H2. The number of carbonyl (C=O) groups is 1. The van der Waals surface area contributed by atoms with Gasteiger partial charge in [0.2, 0.25) is 0 Å². The van der Waals surface area contributed by atoms with Crippen LogP contribution < -0.4 is 4.74 Å². The van der Waals surface area contributed by atoms with Gasteiger partial charge in [0.05, 0.1) is 6.61 Å². The van der Waals surface area contributed by atoms with E-state index in [4.69, 9.17) is 14.3 Å². The average Bonchev–Trinajstić information content (AvgIpc) is 3.04. The molecular formula is C11H14O3. The van der Waals surface area contributed by atoms with Crippen molar-refractivity contribution in [2.45, 2.75) is 13.0 Å². The lowest BCUT2D eigenvalue weighted by atomic mass is 10.2. The summed E-state index contributed by atoms with van der Waals surface area (Å²) in [5.41, 5.74) is 1.18. The van der Waals surface area contributed by atoms with Gasteiger partial charge in [0.1, 0.15) is 25.2 Å². The van der Waals surface area contributed by atoms with Crippen LogP contribution in [0.1, 0.15) is 5.56 Å². The fourth-order valence-corrected chi connectivity index (χ4v) is 1.07. The second kappa shape index (κ2) is 5.40. The number of ether oxygens (including phenoxy) is 2.